The summed E-state index contributed by atoms with van der Waals surface area (Å²) in [5.41, 5.74) is 1.32. The number of nitrogens with one attached hydrogen (secondary N) is 1. The van der Waals surface area contributed by atoms with Gasteiger partial charge in [0, 0.05) is 18.0 Å². The van der Waals surface area contributed by atoms with Crippen LogP contribution in [-0.4, -0.2) is 29.6 Å². The Bertz CT molecular complexity index is 885. The summed E-state index contributed by atoms with van der Waals surface area (Å²) < 4.78 is 4.71. The number of benzene rings is 1. The van der Waals surface area contributed by atoms with Gasteiger partial charge >= 0.3 is 5.97 Å². The van der Waals surface area contributed by atoms with Crippen molar-refractivity contribution < 1.29 is 19.1 Å². The number of allylic oxidation sites excluding steroid dienone is 2. The SMILES string of the molecule is COC(=O)c1c(C)ncc2c1C(=O)C=C(Nc1ccccc1)C2=O. The molecular formula is C18H14N2O4. The van der Waals surface area contributed by atoms with Gasteiger partial charge in [0.25, 0.3) is 0 Å². The molecule has 2 aromatic rings. The lowest BCUT2D eigenvalue weighted by Gasteiger charge is -2.19. The Balaban J connectivity index is 2.07. The Morgan fingerprint density at radius 2 is 1.88 bits per heavy atom. The first-order chi connectivity index (χ1) is 11.5. The molecule has 3 rings (SSSR count). The Morgan fingerprint density at radius 3 is 2.54 bits per heavy atom. The van der Waals surface area contributed by atoms with Crippen molar-refractivity contribution in [1.29, 1.82) is 0 Å². The molecule has 0 aliphatic heterocycles. The molecule has 6 heteroatoms. The number of ether oxygens (including phenoxy) is 1. The molecule has 1 aromatic heterocycles. The average Bonchev–Trinajstić information content (AvgIpc) is 2.59. The number of Topliss-reactive ketones (excluding diaryl/α,β-unsaturated/α-hetero) is 1. The van der Waals surface area contributed by atoms with E-state index in [0.717, 1.165) is 0 Å². The van der Waals surface area contributed by atoms with Gasteiger partial charge in [-0.2, -0.15) is 0 Å². The first-order valence-corrected chi connectivity index (χ1v) is 7.23. The summed E-state index contributed by atoms with van der Waals surface area (Å²) in [5, 5.41) is 2.93. The molecule has 1 aliphatic carbocycles. The number of aryl methyl sites for hydroxylation is 1. The fourth-order valence-electron chi connectivity index (χ4n) is 2.57. The van der Waals surface area contributed by atoms with Crippen molar-refractivity contribution in [2.24, 2.45) is 0 Å². The van der Waals surface area contributed by atoms with E-state index in [2.05, 4.69) is 10.3 Å². The lowest BCUT2D eigenvalue weighted by molar-refractivity contribution is 0.0596. The van der Waals surface area contributed by atoms with Gasteiger partial charge in [-0.1, -0.05) is 18.2 Å². The van der Waals surface area contributed by atoms with E-state index in [-0.39, 0.29) is 22.4 Å². The monoisotopic (exact) mass is 322 g/mol. The van der Waals surface area contributed by atoms with Crippen LogP contribution in [0.5, 0.6) is 0 Å². The van der Waals surface area contributed by atoms with Crippen molar-refractivity contribution >= 4 is 23.2 Å². The summed E-state index contributed by atoms with van der Waals surface area (Å²) in [6.07, 6.45) is 2.51. The van der Waals surface area contributed by atoms with Crippen LogP contribution in [0.4, 0.5) is 5.69 Å². The lowest BCUT2D eigenvalue weighted by atomic mass is 9.89. The maximum absolute atomic E-state index is 12.7. The Morgan fingerprint density at radius 1 is 1.17 bits per heavy atom. The van der Waals surface area contributed by atoms with E-state index in [1.54, 1.807) is 19.1 Å². The number of pyridine rings is 1. The number of rotatable bonds is 3. The zero-order valence-electron chi connectivity index (χ0n) is 13.1. The van der Waals surface area contributed by atoms with Gasteiger partial charge < -0.3 is 10.1 Å². The van der Waals surface area contributed by atoms with Gasteiger partial charge in [-0.3, -0.25) is 14.6 Å². The standard InChI is InChI=1S/C18H14N2O4/c1-10-15(18(23)24-2)16-12(9-19-10)17(22)13(8-14(16)21)20-11-6-4-3-5-7-11/h3-9,20H,1-2H3. The van der Waals surface area contributed by atoms with Crippen LogP contribution in [0.3, 0.4) is 0 Å². The van der Waals surface area contributed by atoms with Gasteiger partial charge in [0.05, 0.1) is 35.2 Å². The summed E-state index contributed by atoms with van der Waals surface area (Å²) in [4.78, 5) is 41.2. The van der Waals surface area contributed by atoms with Crippen LogP contribution in [0.2, 0.25) is 0 Å². The van der Waals surface area contributed by atoms with Crippen molar-refractivity contribution in [3.05, 3.63) is 70.7 Å². The van der Waals surface area contributed by atoms with Crippen LogP contribution in [0.15, 0.2) is 48.3 Å². The Labute approximate surface area is 138 Å². The number of aromatic nitrogens is 1. The second-order valence-corrected chi connectivity index (χ2v) is 5.24. The van der Waals surface area contributed by atoms with E-state index in [9.17, 15) is 14.4 Å². The molecule has 0 fully saturated rings. The predicted octanol–water partition coefficient (Wildman–Crippen LogP) is 2.55. The first kappa shape index (κ1) is 15.6. The van der Waals surface area contributed by atoms with Gasteiger partial charge in [0.1, 0.15) is 0 Å². The van der Waals surface area contributed by atoms with Crippen molar-refractivity contribution in [2.75, 3.05) is 12.4 Å². The van der Waals surface area contributed by atoms with Crippen LogP contribution < -0.4 is 5.32 Å². The highest BCUT2D eigenvalue weighted by molar-refractivity contribution is 6.27. The second-order valence-electron chi connectivity index (χ2n) is 5.24. The number of ketones is 2. The molecule has 0 amide bonds. The number of carbonyl (C=O) groups excluding carboxylic acids is 3. The highest BCUT2D eigenvalue weighted by atomic mass is 16.5. The molecule has 1 aromatic carbocycles. The largest absolute Gasteiger partial charge is 0.465 e. The normalized spacial score (nSPS) is 13.2. The number of anilines is 1. The minimum absolute atomic E-state index is 0.0309. The van der Waals surface area contributed by atoms with Crippen LogP contribution in [-0.2, 0) is 4.74 Å². The lowest BCUT2D eigenvalue weighted by Crippen LogP contribution is -2.25. The summed E-state index contributed by atoms with van der Waals surface area (Å²) in [7, 11) is 1.22. The van der Waals surface area contributed by atoms with Crippen LogP contribution in [0, 0.1) is 6.92 Å². The minimum Gasteiger partial charge on any atom is -0.465 e. The zero-order valence-corrected chi connectivity index (χ0v) is 13.1. The molecule has 1 heterocycles. The minimum atomic E-state index is -0.689. The third kappa shape index (κ3) is 2.58. The zero-order chi connectivity index (χ0) is 17.3. The summed E-state index contributed by atoms with van der Waals surface area (Å²) in [6.45, 7) is 1.59. The van der Waals surface area contributed by atoms with E-state index in [0.29, 0.717) is 11.4 Å². The van der Waals surface area contributed by atoms with E-state index in [1.165, 1.54) is 19.4 Å². The number of nitrogens with zero attached hydrogens (tertiary/aromatic N) is 1. The van der Waals surface area contributed by atoms with Crippen molar-refractivity contribution in [2.45, 2.75) is 6.92 Å². The van der Waals surface area contributed by atoms with Gasteiger partial charge in [-0.05, 0) is 19.1 Å². The molecule has 120 valence electrons. The van der Waals surface area contributed by atoms with Crippen molar-refractivity contribution in [3.63, 3.8) is 0 Å². The van der Waals surface area contributed by atoms with Gasteiger partial charge in [-0.25, -0.2) is 4.79 Å². The van der Waals surface area contributed by atoms with Crippen molar-refractivity contribution in [1.82, 2.24) is 4.98 Å². The summed E-state index contributed by atoms with van der Waals surface area (Å²) >= 11 is 0. The smallest absolute Gasteiger partial charge is 0.340 e. The van der Waals surface area contributed by atoms with Crippen LogP contribution in [0.1, 0.15) is 36.8 Å². The third-order valence-electron chi connectivity index (χ3n) is 3.72. The third-order valence-corrected chi connectivity index (χ3v) is 3.72. The molecule has 0 saturated carbocycles. The summed E-state index contributed by atoms with van der Waals surface area (Å²) in [5.74, 6) is -1.52. The second kappa shape index (κ2) is 6.08. The number of esters is 1. The molecule has 24 heavy (non-hydrogen) atoms. The van der Waals surface area contributed by atoms with Crippen molar-refractivity contribution in [3.8, 4) is 0 Å². The highest BCUT2D eigenvalue weighted by Crippen LogP contribution is 2.26. The molecule has 1 aliphatic rings. The maximum atomic E-state index is 12.7. The first-order valence-electron chi connectivity index (χ1n) is 7.23. The molecule has 0 spiro atoms. The fraction of sp³-hybridized carbons (Fsp3) is 0.111. The molecule has 0 radical (unpaired) electrons. The molecule has 0 bridgehead atoms. The predicted molar refractivity (Wildman–Crippen MR) is 87.1 cm³/mol. The van der Waals surface area contributed by atoms with Gasteiger partial charge in [-0.15, -0.1) is 0 Å². The number of hydrogen-bond acceptors (Lipinski definition) is 6. The number of methoxy groups -OCH3 is 1. The molecule has 0 atom stereocenters. The van der Waals surface area contributed by atoms with E-state index >= 15 is 0 Å². The topological polar surface area (TPSA) is 85.4 Å². The molecule has 0 unspecified atom stereocenters. The Hall–Kier alpha value is -3.28. The number of para-hydroxylation sites is 1. The number of fused-ring (bicyclic) bond motifs is 1. The fourth-order valence-corrected chi connectivity index (χ4v) is 2.57. The number of carbonyl (C=O) groups is 3. The van der Waals surface area contributed by atoms with E-state index in [4.69, 9.17) is 4.74 Å². The van der Waals surface area contributed by atoms with Gasteiger partial charge in [0.2, 0.25) is 5.78 Å². The molecular weight excluding hydrogens is 308 g/mol. The van der Waals surface area contributed by atoms with Crippen LogP contribution >= 0.6 is 0 Å². The van der Waals surface area contributed by atoms with E-state index in [1.807, 2.05) is 18.2 Å². The molecule has 6 nitrogen and oxygen atoms in total. The average molecular weight is 322 g/mol. The van der Waals surface area contributed by atoms with Gasteiger partial charge in [0.15, 0.2) is 5.78 Å². The number of hydrogen-bond donors (Lipinski definition) is 1. The van der Waals surface area contributed by atoms with Crippen LogP contribution in [0.25, 0.3) is 0 Å². The quantitative estimate of drug-likeness (QED) is 0.874. The summed E-state index contributed by atoms with van der Waals surface area (Å²) in [6, 6.07) is 9.03. The molecule has 0 saturated heterocycles. The maximum Gasteiger partial charge on any atom is 0.340 e. The highest BCUT2D eigenvalue weighted by Gasteiger charge is 2.32. The molecule has 1 N–H and O–H groups in total. The van der Waals surface area contributed by atoms with E-state index < -0.39 is 17.5 Å². The Kier molecular flexibility index (Phi) is 3.95.